The summed E-state index contributed by atoms with van der Waals surface area (Å²) in [6.45, 7) is 4.07. The Morgan fingerprint density at radius 1 is 0.762 bits per heavy atom. The number of rotatable bonds is 10. The van der Waals surface area contributed by atoms with Gasteiger partial charge in [0.1, 0.15) is 0 Å². The predicted molar refractivity (Wildman–Crippen MR) is 75.6 cm³/mol. The first-order valence-corrected chi connectivity index (χ1v) is 7.18. The number of carbonyl (C=O) groups is 2. The largest absolute Gasteiger partial charge is 0.479 e. The van der Waals surface area contributed by atoms with Gasteiger partial charge in [-0.15, -0.1) is 0 Å². The Bertz CT molecular complexity index is 234. The Morgan fingerprint density at radius 3 is 1.24 bits per heavy atom. The van der Waals surface area contributed by atoms with Crippen LogP contribution in [0.2, 0.25) is 0 Å². The van der Waals surface area contributed by atoms with E-state index in [1.165, 1.54) is 0 Å². The summed E-state index contributed by atoms with van der Waals surface area (Å²) in [5.74, 6) is -2.23. The summed E-state index contributed by atoms with van der Waals surface area (Å²) < 4.78 is 0. The second kappa shape index (κ2) is 17.5. The number of hydrogen-bond donors (Lipinski definition) is 4. The zero-order valence-corrected chi connectivity index (χ0v) is 16.1. The predicted octanol–water partition coefficient (Wildman–Crippen LogP) is 2.02. The monoisotopic (exact) mass is 356 g/mol. The fraction of sp³-hybridized carbons (Fsp3) is 0.857. The third-order valence-electron chi connectivity index (χ3n) is 2.73. The van der Waals surface area contributed by atoms with Crippen LogP contribution >= 0.6 is 0 Å². The summed E-state index contributed by atoms with van der Waals surface area (Å²) >= 11 is 0. The molecule has 0 aliphatic rings. The van der Waals surface area contributed by atoms with Crippen LogP contribution < -0.4 is 0 Å². The first-order valence-electron chi connectivity index (χ1n) is 7.18. The average Bonchev–Trinajstić information content (AvgIpc) is 2.39. The molecule has 6 nitrogen and oxygen atoms in total. The van der Waals surface area contributed by atoms with Crippen LogP contribution in [0.3, 0.4) is 0 Å². The molecule has 2 atom stereocenters. The van der Waals surface area contributed by atoms with E-state index in [4.69, 9.17) is 20.4 Å². The van der Waals surface area contributed by atoms with Crippen LogP contribution in [-0.2, 0) is 29.1 Å². The van der Waals surface area contributed by atoms with E-state index in [1.807, 2.05) is 13.8 Å². The first kappa shape index (κ1) is 25.4. The molecule has 0 aliphatic heterocycles. The number of aliphatic hydroxyl groups is 2. The summed E-state index contributed by atoms with van der Waals surface area (Å²) in [6.07, 6.45) is 4.10. The van der Waals surface area contributed by atoms with Gasteiger partial charge in [0.15, 0.2) is 12.2 Å². The van der Waals surface area contributed by atoms with Crippen molar-refractivity contribution in [2.24, 2.45) is 0 Å². The molecule has 122 valence electrons. The van der Waals surface area contributed by atoms with E-state index in [0.29, 0.717) is 12.8 Å². The topological polar surface area (TPSA) is 115 Å². The molecule has 0 aliphatic carbocycles. The molecule has 2 unspecified atom stereocenters. The van der Waals surface area contributed by atoms with E-state index in [-0.39, 0.29) is 19.5 Å². The van der Waals surface area contributed by atoms with E-state index in [1.54, 1.807) is 0 Å². The van der Waals surface area contributed by atoms with Gasteiger partial charge in [0, 0.05) is 19.5 Å². The molecule has 4 N–H and O–H groups in total. The molecule has 0 saturated carbocycles. The third kappa shape index (κ3) is 19.5. The van der Waals surface area contributed by atoms with Gasteiger partial charge in [-0.1, -0.05) is 52.4 Å². The molecule has 0 aromatic carbocycles. The molecule has 21 heavy (non-hydrogen) atoms. The average molecular weight is 358 g/mol. The number of carboxylic acids is 2. The summed E-state index contributed by atoms with van der Waals surface area (Å²) in [5, 5.41) is 34.0. The van der Waals surface area contributed by atoms with Crippen molar-refractivity contribution in [2.75, 3.05) is 0 Å². The third-order valence-corrected chi connectivity index (χ3v) is 2.73. The minimum Gasteiger partial charge on any atom is -0.479 e. The second-order valence-corrected chi connectivity index (χ2v) is 4.70. The van der Waals surface area contributed by atoms with Gasteiger partial charge in [-0.2, -0.15) is 0 Å². The van der Waals surface area contributed by atoms with Crippen molar-refractivity contribution in [1.82, 2.24) is 0 Å². The molecule has 0 spiro atoms. The van der Waals surface area contributed by atoms with Gasteiger partial charge in [0.25, 0.3) is 0 Å². The van der Waals surface area contributed by atoms with E-state index in [2.05, 4.69) is 0 Å². The van der Waals surface area contributed by atoms with Gasteiger partial charge in [-0.3, -0.25) is 0 Å². The van der Waals surface area contributed by atoms with Gasteiger partial charge >= 0.3 is 11.9 Å². The zero-order valence-electron chi connectivity index (χ0n) is 13.1. The molecule has 0 bridgehead atoms. The van der Waals surface area contributed by atoms with Crippen LogP contribution in [0, 0.1) is 0 Å². The molecule has 0 aromatic heterocycles. The van der Waals surface area contributed by atoms with Crippen molar-refractivity contribution in [1.29, 1.82) is 0 Å². The van der Waals surface area contributed by atoms with Gasteiger partial charge in [-0.25, -0.2) is 9.59 Å². The molecular weight excluding hydrogens is 330 g/mol. The van der Waals surface area contributed by atoms with Crippen molar-refractivity contribution in [3.8, 4) is 0 Å². The van der Waals surface area contributed by atoms with E-state index < -0.39 is 24.1 Å². The molecule has 0 amide bonds. The number of carboxylic acid groups (broad SMARTS) is 2. The number of aliphatic hydroxyl groups excluding tert-OH is 2. The number of unbranched alkanes of at least 4 members (excludes halogenated alkanes) is 4. The molecule has 0 radical (unpaired) electrons. The Labute approximate surface area is 139 Å². The van der Waals surface area contributed by atoms with Crippen LogP contribution in [0.15, 0.2) is 0 Å². The molecular formula is C14H28O6Zn. The van der Waals surface area contributed by atoms with Crippen LogP contribution in [-0.4, -0.2) is 44.6 Å². The SMILES string of the molecule is CCCCCC(O)C(=O)O.CCCCCC(O)C(=O)O.[Zn]. The summed E-state index contributed by atoms with van der Waals surface area (Å²) in [6, 6.07) is 0. The van der Waals surface area contributed by atoms with E-state index >= 15 is 0 Å². The molecule has 0 heterocycles. The van der Waals surface area contributed by atoms with Crippen molar-refractivity contribution >= 4 is 11.9 Å². The maximum Gasteiger partial charge on any atom is 0.332 e. The van der Waals surface area contributed by atoms with Crippen molar-refractivity contribution < 1.29 is 49.5 Å². The molecule has 0 rings (SSSR count). The minimum absolute atomic E-state index is 0. The molecule has 0 saturated heterocycles. The summed E-state index contributed by atoms with van der Waals surface area (Å²) in [7, 11) is 0. The number of hydrogen-bond acceptors (Lipinski definition) is 4. The normalized spacial score (nSPS) is 12.4. The maximum absolute atomic E-state index is 10.0. The zero-order chi connectivity index (χ0) is 16.0. The van der Waals surface area contributed by atoms with Crippen molar-refractivity contribution in [3.63, 3.8) is 0 Å². The van der Waals surface area contributed by atoms with Gasteiger partial charge in [0.2, 0.25) is 0 Å². The Morgan fingerprint density at radius 2 is 1.05 bits per heavy atom. The minimum atomic E-state index is -1.16. The molecule has 0 aromatic rings. The van der Waals surface area contributed by atoms with E-state index in [9.17, 15) is 9.59 Å². The summed E-state index contributed by atoms with van der Waals surface area (Å²) in [4.78, 5) is 20.1. The van der Waals surface area contributed by atoms with Crippen molar-refractivity contribution in [2.45, 2.75) is 77.4 Å². The Hall–Kier alpha value is -0.517. The van der Waals surface area contributed by atoms with Gasteiger partial charge in [-0.05, 0) is 12.8 Å². The number of aliphatic carboxylic acids is 2. The van der Waals surface area contributed by atoms with Crippen LogP contribution in [0.25, 0.3) is 0 Å². The van der Waals surface area contributed by atoms with Gasteiger partial charge in [0.05, 0.1) is 0 Å². The fourth-order valence-corrected chi connectivity index (χ4v) is 1.42. The smallest absolute Gasteiger partial charge is 0.332 e. The second-order valence-electron chi connectivity index (χ2n) is 4.70. The Balaban J connectivity index is -0.000000295. The van der Waals surface area contributed by atoms with Crippen LogP contribution in [0.5, 0.6) is 0 Å². The quantitative estimate of drug-likeness (QED) is 0.351. The van der Waals surface area contributed by atoms with Crippen molar-refractivity contribution in [3.05, 3.63) is 0 Å². The maximum atomic E-state index is 10.0. The molecule has 7 heteroatoms. The molecule has 0 fully saturated rings. The van der Waals surface area contributed by atoms with Crippen LogP contribution in [0.1, 0.15) is 65.2 Å². The van der Waals surface area contributed by atoms with E-state index in [0.717, 1.165) is 38.5 Å². The van der Waals surface area contributed by atoms with Crippen LogP contribution in [0.4, 0.5) is 0 Å². The summed E-state index contributed by atoms with van der Waals surface area (Å²) in [5.41, 5.74) is 0. The van der Waals surface area contributed by atoms with Gasteiger partial charge < -0.3 is 20.4 Å². The Kier molecular flexibility index (Phi) is 21.2. The fourth-order valence-electron chi connectivity index (χ4n) is 1.42. The first-order chi connectivity index (χ1) is 9.36. The standard InChI is InChI=1S/2C7H14O3.Zn/c2*1-2-3-4-5-6(8)7(9)10;/h2*6,8H,2-5H2,1H3,(H,9,10);.